The van der Waals surface area contributed by atoms with Crippen LogP contribution in [0.1, 0.15) is 30.9 Å². The molecule has 11 heavy (non-hydrogen) atoms. The van der Waals surface area contributed by atoms with Gasteiger partial charge in [0.1, 0.15) is 0 Å². The third kappa shape index (κ3) is 2.04. The minimum absolute atomic E-state index is 0.503. The highest BCUT2D eigenvalue weighted by atomic mass is 19.1. The van der Waals surface area contributed by atoms with Gasteiger partial charge in [0, 0.05) is 0 Å². The Bertz CT molecular complexity index is 211. The van der Waals surface area contributed by atoms with Gasteiger partial charge in [0.15, 0.2) is 0 Å². The third-order valence-electron chi connectivity index (χ3n) is 1.69. The fourth-order valence-electron chi connectivity index (χ4n) is 0.931. The summed E-state index contributed by atoms with van der Waals surface area (Å²) in [7, 11) is 0. The van der Waals surface area contributed by atoms with Gasteiger partial charge in [0.25, 0.3) is 0 Å². The van der Waals surface area contributed by atoms with Gasteiger partial charge in [-0.15, -0.1) is 0 Å². The molecular weight excluding hydrogens is 139 g/mol. The average molecular weight is 150 g/mol. The summed E-state index contributed by atoms with van der Waals surface area (Å²) in [4.78, 5) is 0. The van der Waals surface area contributed by atoms with Gasteiger partial charge in [-0.3, -0.25) is 0 Å². The van der Waals surface area contributed by atoms with Gasteiger partial charge in [-0.05, 0) is 17.0 Å². The van der Waals surface area contributed by atoms with Crippen LogP contribution in [0, 0.1) is 6.67 Å². The highest BCUT2D eigenvalue weighted by molar-refractivity contribution is 5.27. The lowest BCUT2D eigenvalue weighted by Gasteiger charge is -2.03. The molecule has 58 valence electrons. The Morgan fingerprint density at radius 2 is 1.73 bits per heavy atom. The zero-order chi connectivity index (χ0) is 8.27. The maximum Gasteiger partial charge on any atom is 0.219 e. The molecule has 0 saturated carbocycles. The number of hydrogen-bond donors (Lipinski definition) is 0. The molecule has 0 fully saturated rings. The molecule has 1 rings (SSSR count). The van der Waals surface area contributed by atoms with Crippen LogP contribution in [-0.4, -0.2) is 0 Å². The van der Waals surface area contributed by atoms with Gasteiger partial charge < -0.3 is 0 Å². The minimum Gasteiger partial charge on any atom is -0.230 e. The second kappa shape index (κ2) is 3.51. The molecule has 1 aromatic carbocycles. The van der Waals surface area contributed by atoms with E-state index in [1.54, 1.807) is 18.8 Å². The van der Waals surface area contributed by atoms with Crippen molar-refractivity contribution in [1.29, 1.82) is 0 Å². The van der Waals surface area contributed by atoms with E-state index in [1.165, 1.54) is 5.56 Å². The van der Waals surface area contributed by atoms with E-state index in [2.05, 4.69) is 13.8 Å². The molecule has 0 unspecified atom stereocenters. The lowest BCUT2D eigenvalue weighted by atomic mass is 10.0. The molecule has 0 bridgehead atoms. The summed E-state index contributed by atoms with van der Waals surface area (Å²) < 4.78 is 11.8. The van der Waals surface area contributed by atoms with Crippen molar-refractivity contribution in [3.63, 3.8) is 0 Å². The lowest BCUT2D eigenvalue weighted by Crippen LogP contribution is -1.86. The molecule has 0 nitrogen and oxygen atoms in total. The molecule has 0 aromatic heterocycles. The van der Waals surface area contributed by atoms with Crippen LogP contribution in [0.25, 0.3) is 0 Å². The summed E-state index contributed by atoms with van der Waals surface area (Å²) in [6.07, 6.45) is 0. The summed E-state index contributed by atoms with van der Waals surface area (Å²) >= 11 is 0. The van der Waals surface area contributed by atoms with Gasteiger partial charge in [-0.1, -0.05) is 38.1 Å². The first kappa shape index (κ1) is 8.25. The van der Waals surface area contributed by atoms with Crippen LogP contribution >= 0.6 is 0 Å². The van der Waals surface area contributed by atoms with Crippen LogP contribution < -0.4 is 0 Å². The second-order valence-electron chi connectivity index (χ2n) is 2.87. The Morgan fingerprint density at radius 1 is 1.18 bits per heavy atom. The van der Waals surface area contributed by atoms with Crippen molar-refractivity contribution >= 4 is 0 Å². The Hall–Kier alpha value is -0.850. The molecule has 0 aliphatic rings. The van der Waals surface area contributed by atoms with Crippen LogP contribution in [0.3, 0.4) is 0 Å². The average Bonchev–Trinajstić information content (AvgIpc) is 2.05. The van der Waals surface area contributed by atoms with Crippen molar-refractivity contribution in [2.75, 3.05) is 0 Å². The van der Waals surface area contributed by atoms with E-state index in [0.29, 0.717) is 11.5 Å². The molecule has 1 aromatic rings. The topological polar surface area (TPSA) is 0 Å². The highest BCUT2D eigenvalue weighted by Crippen LogP contribution is 2.15. The standard InChI is InChI=1S/C10H11F/c1-8(2)10-5-3-9(7-11)4-6-10/h3-6,8H,1-2H3. The lowest BCUT2D eigenvalue weighted by molar-refractivity contribution is 0.646. The molecule has 0 saturated heterocycles. The number of benzene rings is 1. The molecule has 2 radical (unpaired) electrons. The van der Waals surface area contributed by atoms with E-state index in [1.807, 2.05) is 12.1 Å². The zero-order valence-electron chi connectivity index (χ0n) is 6.76. The van der Waals surface area contributed by atoms with Crippen LogP contribution in [0.4, 0.5) is 4.39 Å². The number of hydrogen-bond acceptors (Lipinski definition) is 0. The quantitative estimate of drug-likeness (QED) is 0.607. The van der Waals surface area contributed by atoms with Crippen molar-refractivity contribution < 1.29 is 4.39 Å². The van der Waals surface area contributed by atoms with Crippen molar-refractivity contribution in [3.05, 3.63) is 42.1 Å². The van der Waals surface area contributed by atoms with Crippen LogP contribution in [0.2, 0.25) is 0 Å². The predicted molar refractivity (Wildman–Crippen MR) is 44.0 cm³/mol. The van der Waals surface area contributed by atoms with Gasteiger partial charge in [0.2, 0.25) is 6.67 Å². The van der Waals surface area contributed by atoms with E-state index >= 15 is 0 Å². The summed E-state index contributed by atoms with van der Waals surface area (Å²) in [5.41, 5.74) is 1.73. The Labute approximate surface area is 67.1 Å². The summed E-state index contributed by atoms with van der Waals surface area (Å²) in [6, 6.07) is 7.31. The normalized spacial score (nSPS) is 10.5. The first-order valence-electron chi connectivity index (χ1n) is 3.70. The van der Waals surface area contributed by atoms with Crippen molar-refractivity contribution in [1.82, 2.24) is 0 Å². The van der Waals surface area contributed by atoms with Gasteiger partial charge in [-0.2, -0.15) is 0 Å². The Balaban J connectivity index is 2.83. The van der Waals surface area contributed by atoms with Crippen molar-refractivity contribution in [2.24, 2.45) is 0 Å². The number of halogens is 1. The molecule has 1 heteroatoms. The summed E-state index contributed by atoms with van der Waals surface area (Å²) in [5.74, 6) is 0.503. The fourth-order valence-corrected chi connectivity index (χ4v) is 0.931. The third-order valence-corrected chi connectivity index (χ3v) is 1.69. The number of rotatable bonds is 2. The Morgan fingerprint density at radius 3 is 2.09 bits per heavy atom. The SMILES string of the molecule is CC(C)c1ccc([C]F)cc1. The zero-order valence-corrected chi connectivity index (χ0v) is 6.76. The molecule has 0 heterocycles. The van der Waals surface area contributed by atoms with Crippen LogP contribution in [0.5, 0.6) is 0 Å². The van der Waals surface area contributed by atoms with Crippen molar-refractivity contribution in [2.45, 2.75) is 19.8 Å². The first-order valence-corrected chi connectivity index (χ1v) is 3.70. The van der Waals surface area contributed by atoms with Crippen molar-refractivity contribution in [3.8, 4) is 0 Å². The molecule has 0 spiro atoms. The maximum atomic E-state index is 11.8. The predicted octanol–water partition coefficient (Wildman–Crippen LogP) is 3.17. The van der Waals surface area contributed by atoms with Gasteiger partial charge in [0.05, 0.1) is 0 Å². The van der Waals surface area contributed by atoms with Crippen LogP contribution in [0.15, 0.2) is 24.3 Å². The second-order valence-corrected chi connectivity index (χ2v) is 2.87. The Kier molecular flexibility index (Phi) is 2.64. The van der Waals surface area contributed by atoms with E-state index in [9.17, 15) is 4.39 Å². The molecular formula is C10H11F. The van der Waals surface area contributed by atoms with E-state index in [0.717, 1.165) is 0 Å². The molecule has 0 amide bonds. The highest BCUT2D eigenvalue weighted by Gasteiger charge is 1.98. The smallest absolute Gasteiger partial charge is 0.219 e. The van der Waals surface area contributed by atoms with E-state index < -0.39 is 0 Å². The monoisotopic (exact) mass is 150 g/mol. The first-order chi connectivity index (χ1) is 5.24. The molecule has 0 atom stereocenters. The van der Waals surface area contributed by atoms with Crippen LogP contribution in [-0.2, 0) is 0 Å². The minimum atomic E-state index is 0.503. The molecule has 0 aliphatic carbocycles. The summed E-state index contributed by atoms with van der Waals surface area (Å²) in [5, 5.41) is 0. The van der Waals surface area contributed by atoms with Gasteiger partial charge >= 0.3 is 0 Å². The molecule has 0 N–H and O–H groups in total. The van der Waals surface area contributed by atoms with Gasteiger partial charge in [-0.25, -0.2) is 4.39 Å². The fraction of sp³-hybridized carbons (Fsp3) is 0.300. The maximum absolute atomic E-state index is 11.8. The van der Waals surface area contributed by atoms with E-state index in [-0.39, 0.29) is 0 Å². The van der Waals surface area contributed by atoms with E-state index in [4.69, 9.17) is 0 Å². The largest absolute Gasteiger partial charge is 0.230 e. The molecule has 0 aliphatic heterocycles. The summed E-state index contributed by atoms with van der Waals surface area (Å²) in [6.45, 7) is 5.81.